The van der Waals surface area contributed by atoms with Crippen LogP contribution in [-0.4, -0.2) is 43.8 Å². The number of rotatable bonds is 5. The van der Waals surface area contributed by atoms with Gasteiger partial charge in [-0.1, -0.05) is 0 Å². The summed E-state index contributed by atoms with van der Waals surface area (Å²) in [6.07, 6.45) is -1.43. The van der Waals surface area contributed by atoms with Crippen LogP contribution in [0.2, 0.25) is 0 Å². The maximum atomic E-state index is 11.9. The number of alkyl halides is 3. The Kier molecular flexibility index (Phi) is 4.86. The third kappa shape index (κ3) is 5.99. The van der Waals surface area contributed by atoms with E-state index in [1.165, 1.54) is 6.42 Å². The molecular weight excluding hydrogens is 205 g/mol. The number of halogens is 3. The number of nitrogens with one attached hydrogen (secondary N) is 1. The maximum absolute atomic E-state index is 11.9. The molecule has 1 aliphatic rings. The topological polar surface area (TPSA) is 15.3 Å². The molecule has 0 radical (unpaired) electrons. The van der Waals surface area contributed by atoms with Gasteiger partial charge in [0.25, 0.3) is 0 Å². The lowest BCUT2D eigenvalue weighted by atomic mass is 10.1. The lowest BCUT2D eigenvalue weighted by molar-refractivity contribution is -0.137. The zero-order valence-electron chi connectivity index (χ0n) is 9.11. The molecule has 1 heterocycles. The lowest BCUT2D eigenvalue weighted by Gasteiger charge is -2.19. The minimum Gasteiger partial charge on any atom is -0.314 e. The highest BCUT2D eigenvalue weighted by atomic mass is 19.4. The summed E-state index contributed by atoms with van der Waals surface area (Å²) in [4.78, 5) is 1.76. The highest BCUT2D eigenvalue weighted by Crippen LogP contribution is 2.19. The third-order valence-electron chi connectivity index (χ3n) is 2.80. The van der Waals surface area contributed by atoms with E-state index in [2.05, 4.69) is 5.32 Å². The molecular formula is C10H19F3N2. The van der Waals surface area contributed by atoms with E-state index in [1.54, 1.807) is 11.9 Å². The van der Waals surface area contributed by atoms with Gasteiger partial charge in [0.1, 0.15) is 0 Å². The Morgan fingerprint density at radius 3 is 2.60 bits per heavy atom. The normalized spacial score (nSPS) is 22.6. The predicted molar refractivity (Wildman–Crippen MR) is 53.8 cm³/mol. The van der Waals surface area contributed by atoms with E-state index in [0.29, 0.717) is 6.04 Å². The second-order valence-corrected chi connectivity index (χ2v) is 4.25. The molecule has 1 N–H and O–H groups in total. The summed E-state index contributed by atoms with van der Waals surface area (Å²) in [7, 11) is 1.75. The van der Waals surface area contributed by atoms with E-state index in [4.69, 9.17) is 0 Å². The van der Waals surface area contributed by atoms with Crippen LogP contribution in [0.4, 0.5) is 13.2 Å². The number of hydrogen-bond donors (Lipinski definition) is 1. The van der Waals surface area contributed by atoms with Gasteiger partial charge in [-0.15, -0.1) is 0 Å². The van der Waals surface area contributed by atoms with Crippen LogP contribution in [0.3, 0.4) is 0 Å². The van der Waals surface area contributed by atoms with Crippen molar-refractivity contribution in [3.8, 4) is 0 Å². The average Bonchev–Trinajstić information content (AvgIpc) is 2.62. The molecule has 0 aromatic rings. The van der Waals surface area contributed by atoms with Gasteiger partial charge < -0.3 is 10.2 Å². The summed E-state index contributed by atoms with van der Waals surface area (Å²) >= 11 is 0. The first-order valence-corrected chi connectivity index (χ1v) is 5.46. The first-order chi connectivity index (χ1) is 6.97. The Morgan fingerprint density at radius 1 is 1.33 bits per heavy atom. The van der Waals surface area contributed by atoms with Crippen LogP contribution >= 0.6 is 0 Å². The van der Waals surface area contributed by atoms with E-state index < -0.39 is 12.6 Å². The predicted octanol–water partition coefficient (Wildman–Crippen LogP) is 2.01. The fourth-order valence-electron chi connectivity index (χ4n) is 1.81. The molecule has 2 nitrogen and oxygen atoms in total. The van der Waals surface area contributed by atoms with Crippen LogP contribution in [0.5, 0.6) is 0 Å². The van der Waals surface area contributed by atoms with E-state index >= 15 is 0 Å². The second kappa shape index (κ2) is 5.70. The summed E-state index contributed by atoms with van der Waals surface area (Å²) < 4.78 is 35.8. The van der Waals surface area contributed by atoms with Crippen molar-refractivity contribution in [2.45, 2.75) is 37.9 Å². The molecule has 0 aromatic carbocycles. The quantitative estimate of drug-likeness (QED) is 0.768. The van der Waals surface area contributed by atoms with Gasteiger partial charge >= 0.3 is 6.18 Å². The highest BCUT2D eigenvalue weighted by Gasteiger charge is 2.27. The summed E-state index contributed by atoms with van der Waals surface area (Å²) in [5, 5.41) is 3.34. The third-order valence-corrected chi connectivity index (χ3v) is 2.80. The van der Waals surface area contributed by atoms with Gasteiger partial charge in [-0.2, -0.15) is 13.2 Å². The molecule has 1 rings (SSSR count). The van der Waals surface area contributed by atoms with Crippen molar-refractivity contribution in [1.29, 1.82) is 0 Å². The van der Waals surface area contributed by atoms with E-state index in [-0.39, 0.29) is 6.54 Å². The lowest BCUT2D eigenvalue weighted by Crippen LogP contribution is -2.30. The minimum absolute atomic E-state index is 0.107. The fourth-order valence-corrected chi connectivity index (χ4v) is 1.81. The molecule has 0 aromatic heterocycles. The van der Waals surface area contributed by atoms with Crippen molar-refractivity contribution in [3.05, 3.63) is 0 Å². The zero-order chi connectivity index (χ0) is 11.3. The van der Waals surface area contributed by atoms with Crippen molar-refractivity contribution in [1.82, 2.24) is 10.2 Å². The van der Waals surface area contributed by atoms with E-state index in [9.17, 15) is 13.2 Å². The van der Waals surface area contributed by atoms with Crippen LogP contribution in [0.25, 0.3) is 0 Å². The van der Waals surface area contributed by atoms with Gasteiger partial charge in [-0.05, 0) is 39.4 Å². The van der Waals surface area contributed by atoms with Crippen LogP contribution in [0.15, 0.2) is 0 Å². The van der Waals surface area contributed by atoms with Crippen molar-refractivity contribution < 1.29 is 13.2 Å². The van der Waals surface area contributed by atoms with Gasteiger partial charge in [0, 0.05) is 12.6 Å². The first kappa shape index (κ1) is 12.8. The molecule has 0 aliphatic carbocycles. The van der Waals surface area contributed by atoms with Gasteiger partial charge in [-0.3, -0.25) is 0 Å². The summed E-state index contributed by atoms with van der Waals surface area (Å²) in [6, 6.07) is 0.512. The average molecular weight is 224 g/mol. The standard InChI is InChI=1S/C10H19F3N2/c1-15(8-5-10(11,12)13)7-4-9-3-2-6-14-9/h9,14H,2-8H2,1H3. The highest BCUT2D eigenvalue weighted by molar-refractivity contribution is 4.75. The summed E-state index contributed by atoms with van der Waals surface area (Å²) in [5.74, 6) is 0. The van der Waals surface area contributed by atoms with E-state index in [1.807, 2.05) is 0 Å². The largest absolute Gasteiger partial charge is 0.390 e. The molecule has 1 aliphatic heterocycles. The Hall–Kier alpha value is -0.290. The Labute approximate surface area is 88.8 Å². The van der Waals surface area contributed by atoms with Crippen molar-refractivity contribution >= 4 is 0 Å². The second-order valence-electron chi connectivity index (χ2n) is 4.25. The molecule has 90 valence electrons. The smallest absolute Gasteiger partial charge is 0.314 e. The molecule has 1 unspecified atom stereocenters. The Balaban J connectivity index is 2.05. The molecule has 0 amide bonds. The molecule has 15 heavy (non-hydrogen) atoms. The molecule has 0 spiro atoms. The first-order valence-electron chi connectivity index (χ1n) is 5.46. The molecule has 1 fully saturated rings. The van der Waals surface area contributed by atoms with Crippen molar-refractivity contribution in [3.63, 3.8) is 0 Å². The Morgan fingerprint density at radius 2 is 2.07 bits per heavy atom. The monoisotopic (exact) mass is 224 g/mol. The maximum Gasteiger partial charge on any atom is 0.390 e. The van der Waals surface area contributed by atoms with Crippen LogP contribution in [0.1, 0.15) is 25.7 Å². The zero-order valence-corrected chi connectivity index (χ0v) is 9.11. The number of nitrogens with zero attached hydrogens (tertiary/aromatic N) is 1. The Bertz CT molecular complexity index is 176. The molecule has 1 saturated heterocycles. The van der Waals surface area contributed by atoms with Crippen molar-refractivity contribution in [2.75, 3.05) is 26.7 Å². The number of hydrogen-bond acceptors (Lipinski definition) is 2. The van der Waals surface area contributed by atoms with Crippen LogP contribution in [0, 0.1) is 0 Å². The summed E-state index contributed by atoms with van der Waals surface area (Å²) in [6.45, 7) is 1.90. The molecule has 1 atom stereocenters. The van der Waals surface area contributed by atoms with Gasteiger partial charge in [0.05, 0.1) is 6.42 Å². The molecule has 0 saturated carbocycles. The van der Waals surface area contributed by atoms with Crippen molar-refractivity contribution in [2.24, 2.45) is 0 Å². The van der Waals surface area contributed by atoms with Gasteiger partial charge in [0.2, 0.25) is 0 Å². The fraction of sp³-hybridized carbons (Fsp3) is 1.00. The molecule has 0 bridgehead atoms. The van der Waals surface area contributed by atoms with Gasteiger partial charge in [0.15, 0.2) is 0 Å². The van der Waals surface area contributed by atoms with Gasteiger partial charge in [-0.25, -0.2) is 0 Å². The molecule has 5 heteroatoms. The summed E-state index contributed by atoms with van der Waals surface area (Å²) in [5.41, 5.74) is 0. The SMILES string of the molecule is CN(CCC1CCCN1)CCC(F)(F)F. The minimum atomic E-state index is -4.03. The van der Waals surface area contributed by atoms with E-state index in [0.717, 1.165) is 25.9 Å². The van der Waals surface area contributed by atoms with Crippen LogP contribution < -0.4 is 5.32 Å². The van der Waals surface area contributed by atoms with Crippen LogP contribution in [-0.2, 0) is 0 Å².